The quantitative estimate of drug-likeness (QED) is 0.500. The molecule has 0 heterocycles. The normalized spacial score (nSPS) is 22.5. The maximum Gasteiger partial charge on any atom is 0.356 e. The van der Waals surface area contributed by atoms with Crippen LogP contribution in [-0.4, -0.2) is 6.11 Å². The van der Waals surface area contributed by atoms with Gasteiger partial charge in [-0.2, -0.15) is 8.78 Å². The van der Waals surface area contributed by atoms with Crippen LogP contribution in [0.1, 0.15) is 37.7 Å². The highest BCUT2D eigenvalue weighted by Gasteiger charge is 2.35. The van der Waals surface area contributed by atoms with Crippen LogP contribution in [0.5, 0.6) is 0 Å². The second-order valence-electron chi connectivity index (χ2n) is 5.90. The first-order valence-corrected chi connectivity index (χ1v) is 7.48. The monoisotopic (exact) mass is 316 g/mol. The Hall–Kier alpha value is -1.36. The van der Waals surface area contributed by atoms with Crippen molar-refractivity contribution in [3.8, 4) is 0 Å². The fourth-order valence-corrected chi connectivity index (χ4v) is 2.84. The Kier molecular flexibility index (Phi) is 5.62. The van der Waals surface area contributed by atoms with E-state index in [1.54, 1.807) is 0 Å². The molecule has 1 aromatic carbocycles. The van der Waals surface area contributed by atoms with Gasteiger partial charge in [-0.3, -0.25) is 0 Å². The van der Waals surface area contributed by atoms with Crippen LogP contribution < -0.4 is 0 Å². The zero-order chi connectivity index (χ0) is 16.2. The Morgan fingerprint density at radius 2 is 1.82 bits per heavy atom. The molecule has 1 nitrogen and oxygen atoms in total. The van der Waals surface area contributed by atoms with E-state index >= 15 is 0 Å². The predicted molar refractivity (Wildman–Crippen MR) is 76.4 cm³/mol. The summed E-state index contributed by atoms with van der Waals surface area (Å²) in [6.07, 6.45) is 1.54. The van der Waals surface area contributed by atoms with Crippen LogP contribution in [0.2, 0.25) is 0 Å². The van der Waals surface area contributed by atoms with Crippen LogP contribution in [-0.2, 0) is 11.3 Å². The molecule has 0 aliphatic heterocycles. The Bertz CT molecular complexity index is 507. The van der Waals surface area contributed by atoms with Gasteiger partial charge < -0.3 is 4.74 Å². The molecule has 0 spiro atoms. The minimum atomic E-state index is -3.25. The minimum Gasteiger partial charge on any atom is -0.316 e. The lowest BCUT2D eigenvalue weighted by molar-refractivity contribution is -0.256. The smallest absolute Gasteiger partial charge is 0.316 e. The van der Waals surface area contributed by atoms with E-state index in [4.69, 9.17) is 0 Å². The molecule has 1 saturated carbocycles. The van der Waals surface area contributed by atoms with Gasteiger partial charge in [-0.05, 0) is 55.2 Å². The molecule has 0 unspecified atom stereocenters. The molecule has 2 rings (SSSR count). The number of hydrogen-bond acceptors (Lipinski definition) is 1. The van der Waals surface area contributed by atoms with Gasteiger partial charge in [-0.1, -0.05) is 12.1 Å². The first kappa shape index (κ1) is 17.0. The average Bonchev–Trinajstić information content (AvgIpc) is 2.49. The SMILES string of the molecule is C=C[C@H]1CC[C@H](CC(F)(F)OCc2ccc(F)c(F)c2)CC1. The van der Waals surface area contributed by atoms with Gasteiger partial charge >= 0.3 is 6.11 Å². The van der Waals surface area contributed by atoms with Gasteiger partial charge in [0.25, 0.3) is 0 Å². The van der Waals surface area contributed by atoms with E-state index in [1.807, 2.05) is 6.08 Å². The van der Waals surface area contributed by atoms with Crippen LogP contribution >= 0.6 is 0 Å². The Balaban J connectivity index is 1.83. The van der Waals surface area contributed by atoms with E-state index in [0.717, 1.165) is 37.8 Å². The van der Waals surface area contributed by atoms with Gasteiger partial charge in [0.15, 0.2) is 11.6 Å². The summed E-state index contributed by atoms with van der Waals surface area (Å²) < 4.78 is 58.1. The molecule has 22 heavy (non-hydrogen) atoms. The number of allylic oxidation sites excluding steroid dienone is 1. The zero-order valence-electron chi connectivity index (χ0n) is 12.3. The summed E-state index contributed by atoms with van der Waals surface area (Å²) in [6.45, 7) is 3.29. The summed E-state index contributed by atoms with van der Waals surface area (Å²) in [5.41, 5.74) is 0.189. The number of hydrogen-bond donors (Lipinski definition) is 0. The van der Waals surface area contributed by atoms with E-state index in [0.29, 0.717) is 5.92 Å². The molecule has 5 heteroatoms. The van der Waals surface area contributed by atoms with Gasteiger partial charge in [0.05, 0.1) is 6.61 Å². The number of alkyl halides is 2. The topological polar surface area (TPSA) is 9.23 Å². The highest BCUT2D eigenvalue weighted by Crippen LogP contribution is 2.36. The van der Waals surface area contributed by atoms with Crippen molar-refractivity contribution in [3.05, 3.63) is 48.1 Å². The third-order valence-electron chi connectivity index (χ3n) is 4.19. The van der Waals surface area contributed by atoms with E-state index < -0.39 is 24.3 Å². The molecule has 1 aliphatic rings. The first-order chi connectivity index (χ1) is 10.4. The van der Waals surface area contributed by atoms with Gasteiger partial charge in [0.2, 0.25) is 0 Å². The van der Waals surface area contributed by atoms with E-state index in [-0.39, 0.29) is 17.9 Å². The summed E-state index contributed by atoms with van der Waals surface area (Å²) in [5.74, 6) is -1.72. The summed E-state index contributed by atoms with van der Waals surface area (Å²) in [6, 6.07) is 3.02. The number of rotatable bonds is 6. The molecule has 122 valence electrons. The predicted octanol–water partition coefficient (Wildman–Crippen LogP) is 5.46. The molecular weight excluding hydrogens is 296 g/mol. The lowest BCUT2D eigenvalue weighted by atomic mass is 9.80. The van der Waals surface area contributed by atoms with Gasteiger partial charge in [-0.15, -0.1) is 6.58 Å². The minimum absolute atomic E-state index is 0.0730. The van der Waals surface area contributed by atoms with Crippen LogP contribution in [0, 0.1) is 23.5 Å². The fourth-order valence-electron chi connectivity index (χ4n) is 2.84. The van der Waals surface area contributed by atoms with Crippen LogP contribution in [0.4, 0.5) is 17.6 Å². The van der Waals surface area contributed by atoms with Crippen LogP contribution in [0.25, 0.3) is 0 Å². The number of ether oxygens (including phenoxy) is 1. The summed E-state index contributed by atoms with van der Waals surface area (Å²) in [5, 5.41) is 0. The zero-order valence-corrected chi connectivity index (χ0v) is 12.3. The van der Waals surface area contributed by atoms with E-state index in [1.165, 1.54) is 6.07 Å². The molecule has 1 aliphatic carbocycles. The molecule has 0 N–H and O–H groups in total. The maximum atomic E-state index is 13.8. The number of benzene rings is 1. The van der Waals surface area contributed by atoms with E-state index in [2.05, 4.69) is 11.3 Å². The second kappa shape index (κ2) is 7.27. The summed E-state index contributed by atoms with van der Waals surface area (Å²) >= 11 is 0. The van der Waals surface area contributed by atoms with Crippen molar-refractivity contribution in [1.29, 1.82) is 0 Å². The Labute approximate surface area is 128 Å². The van der Waals surface area contributed by atoms with Crippen molar-refractivity contribution >= 4 is 0 Å². The van der Waals surface area contributed by atoms with Crippen LogP contribution in [0.15, 0.2) is 30.9 Å². The molecule has 1 fully saturated rings. The third-order valence-corrected chi connectivity index (χ3v) is 4.19. The largest absolute Gasteiger partial charge is 0.356 e. The first-order valence-electron chi connectivity index (χ1n) is 7.48. The highest BCUT2D eigenvalue weighted by atomic mass is 19.3. The van der Waals surface area contributed by atoms with Crippen molar-refractivity contribution < 1.29 is 22.3 Å². The molecule has 0 saturated heterocycles. The van der Waals surface area contributed by atoms with E-state index in [9.17, 15) is 17.6 Å². The summed E-state index contributed by atoms with van der Waals surface area (Å²) in [7, 11) is 0. The lowest BCUT2D eigenvalue weighted by Gasteiger charge is -2.29. The van der Waals surface area contributed by atoms with Crippen molar-refractivity contribution in [2.75, 3.05) is 0 Å². The second-order valence-corrected chi connectivity index (χ2v) is 5.90. The molecule has 0 atom stereocenters. The van der Waals surface area contributed by atoms with Crippen molar-refractivity contribution in [2.24, 2.45) is 11.8 Å². The van der Waals surface area contributed by atoms with Crippen molar-refractivity contribution in [1.82, 2.24) is 0 Å². The Morgan fingerprint density at radius 1 is 1.14 bits per heavy atom. The molecule has 0 bridgehead atoms. The van der Waals surface area contributed by atoms with Crippen molar-refractivity contribution in [3.63, 3.8) is 0 Å². The lowest BCUT2D eigenvalue weighted by Crippen LogP contribution is -2.26. The average molecular weight is 316 g/mol. The van der Waals surface area contributed by atoms with Crippen LogP contribution in [0.3, 0.4) is 0 Å². The molecule has 0 aromatic heterocycles. The molecule has 0 radical (unpaired) electrons. The maximum absolute atomic E-state index is 13.8. The van der Waals surface area contributed by atoms with Crippen molar-refractivity contribution in [2.45, 2.75) is 44.8 Å². The highest BCUT2D eigenvalue weighted by molar-refractivity contribution is 5.16. The summed E-state index contributed by atoms with van der Waals surface area (Å²) in [4.78, 5) is 0. The molecular formula is C17H20F4O. The Morgan fingerprint density at radius 3 is 2.41 bits per heavy atom. The molecule has 0 amide bonds. The van der Waals surface area contributed by atoms with Gasteiger partial charge in [-0.25, -0.2) is 8.78 Å². The standard InChI is InChI=1S/C17H20F4O/c1-2-12-3-5-13(6-4-12)10-17(20,21)22-11-14-7-8-15(18)16(19)9-14/h2,7-9,12-13H,1,3-6,10-11H2/t12-,13-. The number of halogens is 4. The fraction of sp³-hybridized carbons (Fsp3) is 0.529. The van der Waals surface area contributed by atoms with Gasteiger partial charge in [0.1, 0.15) is 0 Å². The van der Waals surface area contributed by atoms with Gasteiger partial charge in [0, 0.05) is 6.42 Å². The molecule has 1 aromatic rings. The third kappa shape index (κ3) is 4.83.